The van der Waals surface area contributed by atoms with Gasteiger partial charge in [-0.3, -0.25) is 0 Å². The average Bonchev–Trinajstić information content (AvgIpc) is 2.99. The van der Waals surface area contributed by atoms with Crippen LogP contribution in [-0.2, 0) is 5.41 Å². The van der Waals surface area contributed by atoms with Crippen LogP contribution < -0.4 is 10.1 Å². The van der Waals surface area contributed by atoms with Crippen LogP contribution in [0.25, 0.3) is 0 Å². The Kier molecular flexibility index (Phi) is 5.07. The topological polar surface area (TPSA) is 21.3 Å². The molecule has 3 heteroatoms. The third-order valence-corrected chi connectivity index (χ3v) is 5.13. The smallest absolute Gasteiger partial charge is 0.123 e. The first-order valence-corrected chi connectivity index (χ1v) is 8.24. The molecule has 0 aliphatic carbocycles. The summed E-state index contributed by atoms with van der Waals surface area (Å²) in [6.45, 7) is 9.78. The van der Waals surface area contributed by atoms with E-state index in [4.69, 9.17) is 4.74 Å². The number of ether oxygens (including phenoxy) is 1. The fourth-order valence-electron chi connectivity index (χ4n) is 2.45. The Morgan fingerprint density at radius 3 is 2.67 bits per heavy atom. The minimum Gasteiger partial charge on any atom is -0.496 e. The van der Waals surface area contributed by atoms with Crippen molar-refractivity contribution >= 4 is 11.3 Å². The molecule has 0 radical (unpaired) electrons. The monoisotopic (exact) mass is 303 g/mol. The van der Waals surface area contributed by atoms with Gasteiger partial charge in [-0.2, -0.15) is 0 Å². The Balaban J connectivity index is 2.07. The summed E-state index contributed by atoms with van der Waals surface area (Å²) in [7, 11) is 1.74. The highest BCUT2D eigenvalue weighted by atomic mass is 32.1. The second-order valence-corrected chi connectivity index (χ2v) is 7.16. The van der Waals surface area contributed by atoms with Crippen molar-refractivity contribution in [1.82, 2.24) is 5.32 Å². The largest absolute Gasteiger partial charge is 0.496 e. The molecule has 1 N–H and O–H groups in total. The van der Waals surface area contributed by atoms with Gasteiger partial charge in [0.2, 0.25) is 0 Å². The van der Waals surface area contributed by atoms with E-state index < -0.39 is 0 Å². The number of hydrogen-bond acceptors (Lipinski definition) is 3. The zero-order valence-corrected chi connectivity index (χ0v) is 14.4. The van der Waals surface area contributed by atoms with Gasteiger partial charge in [-0.05, 0) is 36.9 Å². The number of benzene rings is 1. The van der Waals surface area contributed by atoms with Gasteiger partial charge in [-0.25, -0.2) is 0 Å². The molecule has 1 aromatic heterocycles. The molecular weight excluding hydrogens is 278 g/mol. The molecule has 0 saturated heterocycles. The van der Waals surface area contributed by atoms with Crippen molar-refractivity contribution < 1.29 is 4.74 Å². The van der Waals surface area contributed by atoms with E-state index in [9.17, 15) is 0 Å². The highest BCUT2D eigenvalue weighted by Crippen LogP contribution is 2.29. The van der Waals surface area contributed by atoms with Gasteiger partial charge in [0.1, 0.15) is 5.75 Å². The van der Waals surface area contributed by atoms with Crippen molar-refractivity contribution in [2.24, 2.45) is 0 Å². The Labute approximate surface area is 132 Å². The van der Waals surface area contributed by atoms with E-state index in [2.05, 4.69) is 68.7 Å². The summed E-state index contributed by atoms with van der Waals surface area (Å²) in [6.07, 6.45) is 0. The number of hydrogen-bond donors (Lipinski definition) is 1. The van der Waals surface area contributed by atoms with Crippen LogP contribution in [0.4, 0.5) is 0 Å². The summed E-state index contributed by atoms with van der Waals surface area (Å²) in [5, 5.41) is 5.79. The van der Waals surface area contributed by atoms with E-state index in [0.717, 1.165) is 12.3 Å². The maximum Gasteiger partial charge on any atom is 0.123 e. The summed E-state index contributed by atoms with van der Waals surface area (Å²) in [5.74, 6) is 0.962. The van der Waals surface area contributed by atoms with Crippen LogP contribution in [0.1, 0.15) is 42.8 Å². The number of rotatable bonds is 6. The van der Waals surface area contributed by atoms with Gasteiger partial charge in [0.05, 0.1) is 7.11 Å². The van der Waals surface area contributed by atoms with E-state index >= 15 is 0 Å². The molecule has 0 amide bonds. The van der Waals surface area contributed by atoms with Crippen LogP contribution in [0.5, 0.6) is 5.75 Å². The third-order valence-electron chi connectivity index (χ3n) is 3.89. The van der Waals surface area contributed by atoms with Crippen LogP contribution in [-0.4, -0.2) is 13.7 Å². The molecule has 2 aromatic rings. The number of thiophene rings is 1. The molecule has 21 heavy (non-hydrogen) atoms. The Morgan fingerprint density at radius 1 is 1.29 bits per heavy atom. The summed E-state index contributed by atoms with van der Waals surface area (Å²) < 4.78 is 5.51. The molecule has 0 aliphatic heterocycles. The minimum atomic E-state index is 0.139. The quantitative estimate of drug-likeness (QED) is 0.835. The summed E-state index contributed by atoms with van der Waals surface area (Å²) >= 11 is 1.82. The normalized spacial score (nSPS) is 13.2. The lowest BCUT2D eigenvalue weighted by Gasteiger charge is -2.27. The molecule has 2 rings (SSSR count). The van der Waals surface area contributed by atoms with Crippen molar-refractivity contribution in [3.63, 3.8) is 0 Å². The molecule has 0 fully saturated rings. The van der Waals surface area contributed by atoms with Crippen molar-refractivity contribution in [2.45, 2.75) is 39.2 Å². The van der Waals surface area contributed by atoms with E-state index in [1.165, 1.54) is 16.0 Å². The van der Waals surface area contributed by atoms with Crippen LogP contribution in [0.2, 0.25) is 0 Å². The summed E-state index contributed by atoms with van der Waals surface area (Å²) in [5.41, 5.74) is 2.58. The van der Waals surface area contributed by atoms with Gasteiger partial charge in [-0.15, -0.1) is 11.3 Å². The predicted molar refractivity (Wildman–Crippen MR) is 91.5 cm³/mol. The van der Waals surface area contributed by atoms with Crippen LogP contribution in [0, 0.1) is 6.92 Å². The fourth-order valence-corrected chi connectivity index (χ4v) is 3.30. The molecule has 2 nitrogen and oxygen atoms in total. The Hall–Kier alpha value is -1.32. The Bertz CT molecular complexity index is 575. The summed E-state index contributed by atoms with van der Waals surface area (Å²) in [4.78, 5) is 1.41. The van der Waals surface area contributed by atoms with Crippen molar-refractivity contribution in [1.29, 1.82) is 0 Å². The standard InChI is InChI=1S/C18H25NOS/c1-13-8-9-15(16(11-13)20-5)14(2)19-12-18(3,4)17-7-6-10-21-17/h6-11,14,19H,12H2,1-5H3. The lowest BCUT2D eigenvalue weighted by molar-refractivity contribution is 0.392. The predicted octanol–water partition coefficient (Wildman–Crippen LogP) is 4.69. The summed E-state index contributed by atoms with van der Waals surface area (Å²) in [6, 6.07) is 11.0. The molecule has 0 saturated carbocycles. The number of methoxy groups -OCH3 is 1. The fraction of sp³-hybridized carbons (Fsp3) is 0.444. The first kappa shape index (κ1) is 16.1. The van der Waals surface area contributed by atoms with Gasteiger partial charge in [-0.1, -0.05) is 32.0 Å². The second kappa shape index (κ2) is 6.63. The lowest BCUT2D eigenvalue weighted by Crippen LogP contribution is -2.34. The number of aryl methyl sites for hydroxylation is 1. The Morgan fingerprint density at radius 2 is 2.05 bits per heavy atom. The highest BCUT2D eigenvalue weighted by molar-refractivity contribution is 7.10. The van der Waals surface area contributed by atoms with Crippen LogP contribution in [0.15, 0.2) is 35.7 Å². The molecule has 0 aliphatic rings. The average molecular weight is 303 g/mol. The van der Waals surface area contributed by atoms with Gasteiger partial charge in [0, 0.05) is 28.4 Å². The molecule has 0 spiro atoms. The second-order valence-electron chi connectivity index (χ2n) is 6.21. The molecule has 114 valence electrons. The van der Waals surface area contributed by atoms with Gasteiger partial charge in [0.15, 0.2) is 0 Å². The van der Waals surface area contributed by atoms with E-state index in [1.807, 2.05) is 11.3 Å². The van der Waals surface area contributed by atoms with Crippen LogP contribution >= 0.6 is 11.3 Å². The molecular formula is C18H25NOS. The third kappa shape index (κ3) is 3.86. The lowest BCUT2D eigenvalue weighted by atomic mass is 9.91. The molecule has 1 atom stereocenters. The SMILES string of the molecule is COc1cc(C)ccc1C(C)NCC(C)(C)c1cccs1. The first-order valence-electron chi connectivity index (χ1n) is 7.36. The highest BCUT2D eigenvalue weighted by Gasteiger charge is 2.23. The van der Waals surface area contributed by atoms with Gasteiger partial charge < -0.3 is 10.1 Å². The van der Waals surface area contributed by atoms with E-state index in [0.29, 0.717) is 0 Å². The van der Waals surface area contributed by atoms with Crippen molar-refractivity contribution in [3.05, 3.63) is 51.7 Å². The van der Waals surface area contributed by atoms with Crippen molar-refractivity contribution in [2.75, 3.05) is 13.7 Å². The zero-order valence-electron chi connectivity index (χ0n) is 13.6. The molecule has 1 heterocycles. The maximum atomic E-state index is 5.51. The first-order chi connectivity index (χ1) is 9.94. The number of nitrogens with one attached hydrogen (secondary N) is 1. The van der Waals surface area contributed by atoms with Gasteiger partial charge >= 0.3 is 0 Å². The van der Waals surface area contributed by atoms with E-state index in [1.54, 1.807) is 7.11 Å². The van der Waals surface area contributed by atoms with Crippen LogP contribution in [0.3, 0.4) is 0 Å². The minimum absolute atomic E-state index is 0.139. The maximum absolute atomic E-state index is 5.51. The van der Waals surface area contributed by atoms with E-state index in [-0.39, 0.29) is 11.5 Å². The molecule has 1 unspecified atom stereocenters. The van der Waals surface area contributed by atoms with Gasteiger partial charge in [0.25, 0.3) is 0 Å². The zero-order chi connectivity index (χ0) is 15.5. The van der Waals surface area contributed by atoms with Crippen molar-refractivity contribution in [3.8, 4) is 5.75 Å². The molecule has 0 bridgehead atoms. The molecule has 1 aromatic carbocycles.